The van der Waals surface area contributed by atoms with Crippen LogP contribution in [0.15, 0.2) is 41.3 Å². The summed E-state index contributed by atoms with van der Waals surface area (Å²) in [6.07, 6.45) is 1.54. The van der Waals surface area contributed by atoms with Gasteiger partial charge in [-0.2, -0.15) is 0 Å². The number of methoxy groups -OCH3 is 1. The number of hydrogen-bond acceptors (Lipinski definition) is 5. The monoisotopic (exact) mass is 287 g/mol. The van der Waals surface area contributed by atoms with Crippen LogP contribution in [-0.4, -0.2) is 18.1 Å². The van der Waals surface area contributed by atoms with Crippen LogP contribution in [0.2, 0.25) is 0 Å². The van der Waals surface area contributed by atoms with Crippen LogP contribution in [0.4, 0.5) is 11.5 Å². The molecule has 0 amide bonds. The van der Waals surface area contributed by atoms with Crippen molar-refractivity contribution in [1.29, 1.82) is 0 Å². The van der Waals surface area contributed by atoms with Crippen molar-refractivity contribution in [2.75, 3.05) is 18.2 Å². The molecule has 0 fully saturated rings. The van der Waals surface area contributed by atoms with E-state index in [9.17, 15) is 9.59 Å². The number of pyridine rings is 1. The first kappa shape index (κ1) is 14.6. The normalized spacial score (nSPS) is 11.7. The average Bonchev–Trinajstić information content (AvgIpc) is 2.51. The van der Waals surface area contributed by atoms with Gasteiger partial charge in [0.05, 0.1) is 12.7 Å². The molecule has 0 bridgehead atoms. The largest absolute Gasteiger partial charge is 0.465 e. The van der Waals surface area contributed by atoms with Gasteiger partial charge in [-0.05, 0) is 24.6 Å². The number of H-pyrrole nitrogens is 1. The van der Waals surface area contributed by atoms with Crippen molar-refractivity contribution in [1.82, 2.24) is 4.98 Å². The predicted octanol–water partition coefficient (Wildman–Crippen LogP) is 1.92. The molecule has 1 heterocycles. The number of carbonyl (C=O) groups excluding carboxylic acids is 1. The second-order valence-electron chi connectivity index (χ2n) is 4.61. The van der Waals surface area contributed by atoms with Crippen molar-refractivity contribution in [3.05, 3.63) is 57.9 Å². The highest BCUT2D eigenvalue weighted by Crippen LogP contribution is 2.20. The zero-order valence-electron chi connectivity index (χ0n) is 11.8. The van der Waals surface area contributed by atoms with Crippen molar-refractivity contribution < 1.29 is 9.53 Å². The molecule has 6 heteroatoms. The molecule has 0 aliphatic heterocycles. The number of esters is 1. The highest BCUT2D eigenvalue weighted by Gasteiger charge is 2.10. The Hall–Kier alpha value is -2.76. The molecule has 1 unspecified atom stereocenters. The molecule has 21 heavy (non-hydrogen) atoms. The minimum Gasteiger partial charge on any atom is -0.465 e. The van der Waals surface area contributed by atoms with Crippen LogP contribution in [0.5, 0.6) is 0 Å². The third kappa shape index (κ3) is 3.22. The van der Waals surface area contributed by atoms with Crippen molar-refractivity contribution >= 4 is 17.5 Å². The number of carbonyl (C=O) groups is 1. The summed E-state index contributed by atoms with van der Waals surface area (Å²) in [5, 5.41) is 3.13. The summed E-state index contributed by atoms with van der Waals surface area (Å²) in [5.41, 5.74) is 7.08. The van der Waals surface area contributed by atoms with E-state index in [1.165, 1.54) is 19.4 Å². The third-order valence-corrected chi connectivity index (χ3v) is 3.19. The second kappa shape index (κ2) is 6.13. The second-order valence-corrected chi connectivity index (χ2v) is 4.61. The van der Waals surface area contributed by atoms with Crippen LogP contribution in [0.25, 0.3) is 0 Å². The Balaban J connectivity index is 2.17. The first-order valence-electron chi connectivity index (χ1n) is 6.45. The van der Waals surface area contributed by atoms with E-state index in [1.807, 2.05) is 19.1 Å². The third-order valence-electron chi connectivity index (χ3n) is 3.19. The Morgan fingerprint density at radius 2 is 1.95 bits per heavy atom. The van der Waals surface area contributed by atoms with Gasteiger partial charge in [0.1, 0.15) is 11.5 Å². The van der Waals surface area contributed by atoms with Crippen LogP contribution in [0, 0.1) is 0 Å². The number of nitrogens with two attached hydrogens (primary N) is 1. The molecule has 6 nitrogen and oxygen atoms in total. The van der Waals surface area contributed by atoms with Gasteiger partial charge >= 0.3 is 5.97 Å². The van der Waals surface area contributed by atoms with Gasteiger partial charge in [0.15, 0.2) is 0 Å². The molecule has 2 rings (SSSR count). The molecule has 0 radical (unpaired) electrons. The summed E-state index contributed by atoms with van der Waals surface area (Å²) in [7, 11) is 1.34. The lowest BCUT2D eigenvalue weighted by atomic mass is 10.1. The van der Waals surface area contributed by atoms with E-state index in [-0.39, 0.29) is 23.1 Å². The van der Waals surface area contributed by atoms with Gasteiger partial charge < -0.3 is 20.8 Å². The maximum atomic E-state index is 11.5. The molecule has 0 aliphatic rings. The van der Waals surface area contributed by atoms with Crippen molar-refractivity contribution in [3.8, 4) is 0 Å². The molecule has 1 atom stereocenters. The lowest BCUT2D eigenvalue weighted by molar-refractivity contribution is 0.0600. The van der Waals surface area contributed by atoms with Gasteiger partial charge in [-0.25, -0.2) is 4.79 Å². The van der Waals surface area contributed by atoms with E-state index in [2.05, 4.69) is 15.0 Å². The van der Waals surface area contributed by atoms with Gasteiger partial charge in [-0.15, -0.1) is 0 Å². The zero-order valence-corrected chi connectivity index (χ0v) is 11.8. The smallest absolute Gasteiger partial charge is 0.337 e. The van der Waals surface area contributed by atoms with Gasteiger partial charge in [0.2, 0.25) is 5.43 Å². The molecule has 0 aliphatic carbocycles. The predicted molar refractivity (Wildman–Crippen MR) is 81.3 cm³/mol. The number of benzene rings is 1. The summed E-state index contributed by atoms with van der Waals surface area (Å²) in [6.45, 7) is 1.93. The van der Waals surface area contributed by atoms with Crippen LogP contribution >= 0.6 is 0 Å². The van der Waals surface area contributed by atoms with Crippen LogP contribution in [0.3, 0.4) is 0 Å². The van der Waals surface area contributed by atoms with Crippen LogP contribution in [-0.2, 0) is 4.74 Å². The average molecular weight is 287 g/mol. The first-order chi connectivity index (χ1) is 10.0. The first-order valence-corrected chi connectivity index (χ1v) is 6.45. The Kier molecular flexibility index (Phi) is 4.27. The minimum absolute atomic E-state index is 0.0861. The molecule has 4 N–H and O–H groups in total. The maximum Gasteiger partial charge on any atom is 0.337 e. The molecule has 1 aromatic heterocycles. The highest BCUT2D eigenvalue weighted by atomic mass is 16.5. The van der Waals surface area contributed by atoms with E-state index < -0.39 is 0 Å². The standard InChI is InChI=1S/C15H17N3O3/c1-9(18-14-13(16)12(19)7-8-17-14)10-3-5-11(6-4-10)15(20)21-2/h3-9H,16H2,1-2H3,(H2,17,18,19). The summed E-state index contributed by atoms with van der Waals surface area (Å²) in [5.74, 6) is 0.103. The van der Waals surface area contributed by atoms with Gasteiger partial charge in [-0.3, -0.25) is 4.79 Å². The minimum atomic E-state index is -0.376. The Morgan fingerprint density at radius 3 is 2.57 bits per heavy atom. The van der Waals surface area contributed by atoms with Crippen molar-refractivity contribution in [2.45, 2.75) is 13.0 Å². The Labute approximate surface area is 121 Å². The lowest BCUT2D eigenvalue weighted by Gasteiger charge is -2.16. The number of anilines is 2. The van der Waals surface area contributed by atoms with E-state index in [0.29, 0.717) is 11.4 Å². The summed E-state index contributed by atoms with van der Waals surface area (Å²) in [6, 6.07) is 8.31. The zero-order chi connectivity index (χ0) is 15.4. The molecular formula is C15H17N3O3. The van der Waals surface area contributed by atoms with Crippen molar-refractivity contribution in [2.24, 2.45) is 0 Å². The summed E-state index contributed by atoms with van der Waals surface area (Å²) in [4.78, 5) is 25.8. The quantitative estimate of drug-likeness (QED) is 0.746. The highest BCUT2D eigenvalue weighted by molar-refractivity contribution is 5.89. The van der Waals surface area contributed by atoms with E-state index >= 15 is 0 Å². The molecule has 1 aromatic carbocycles. The fourth-order valence-electron chi connectivity index (χ4n) is 1.94. The topological polar surface area (TPSA) is 97.2 Å². The molecular weight excluding hydrogens is 270 g/mol. The van der Waals surface area contributed by atoms with Crippen LogP contribution < -0.4 is 16.5 Å². The Morgan fingerprint density at radius 1 is 1.29 bits per heavy atom. The fourth-order valence-corrected chi connectivity index (χ4v) is 1.94. The van der Waals surface area contributed by atoms with Gasteiger partial charge in [0.25, 0.3) is 0 Å². The van der Waals surface area contributed by atoms with Gasteiger partial charge in [-0.1, -0.05) is 12.1 Å². The molecule has 0 saturated carbocycles. The Bertz CT molecular complexity index is 692. The van der Waals surface area contributed by atoms with E-state index in [1.54, 1.807) is 12.1 Å². The van der Waals surface area contributed by atoms with Crippen LogP contribution in [0.1, 0.15) is 28.9 Å². The summed E-state index contributed by atoms with van der Waals surface area (Å²) < 4.78 is 4.65. The van der Waals surface area contributed by atoms with Gasteiger partial charge in [0, 0.05) is 18.3 Å². The fraction of sp³-hybridized carbons (Fsp3) is 0.200. The molecule has 0 saturated heterocycles. The molecule has 2 aromatic rings. The lowest BCUT2D eigenvalue weighted by Crippen LogP contribution is -2.15. The molecule has 0 spiro atoms. The summed E-state index contributed by atoms with van der Waals surface area (Å²) >= 11 is 0. The number of aromatic nitrogens is 1. The number of rotatable bonds is 4. The van der Waals surface area contributed by atoms with E-state index in [0.717, 1.165) is 5.56 Å². The maximum absolute atomic E-state index is 11.5. The molecule has 110 valence electrons. The number of aromatic amines is 1. The SMILES string of the molecule is COC(=O)c1ccc(C(C)Nc2[nH]ccc(=O)c2N)cc1. The van der Waals surface area contributed by atoms with E-state index in [4.69, 9.17) is 5.73 Å². The number of nitrogen functional groups attached to an aromatic ring is 1. The number of hydrogen-bond donors (Lipinski definition) is 3. The number of ether oxygens (including phenoxy) is 1. The number of nitrogens with one attached hydrogen (secondary N) is 2. The van der Waals surface area contributed by atoms with Crippen molar-refractivity contribution in [3.63, 3.8) is 0 Å².